The average molecular weight is 254 g/mol. The summed E-state index contributed by atoms with van der Waals surface area (Å²) in [4.78, 5) is 2.62. The Kier molecular flexibility index (Phi) is 3.87. The fourth-order valence-electron chi connectivity index (χ4n) is 3.62. The van der Waals surface area contributed by atoms with Crippen LogP contribution in [0, 0.1) is 23.7 Å². The maximum absolute atomic E-state index is 5.42. The van der Waals surface area contributed by atoms with E-state index in [1.54, 1.807) is 0 Å². The highest BCUT2D eigenvalue weighted by molar-refractivity contribution is 5.37. The molecule has 1 aliphatic carbocycles. The lowest BCUT2D eigenvalue weighted by molar-refractivity contribution is 0.303. The summed E-state index contributed by atoms with van der Waals surface area (Å²) in [5, 5.41) is 0. The molecule has 2 N–H and O–H groups in total. The van der Waals surface area contributed by atoms with Gasteiger partial charge >= 0.3 is 0 Å². The smallest absolute Gasteiger partial charge is 0.0555 e. The normalized spacial score (nSPS) is 25.9. The van der Waals surface area contributed by atoms with Gasteiger partial charge in [0, 0.05) is 25.2 Å². The highest BCUT2D eigenvalue weighted by atomic mass is 15.2. The fourth-order valence-corrected chi connectivity index (χ4v) is 3.62. The van der Waals surface area contributed by atoms with Crippen LogP contribution in [-0.4, -0.2) is 24.5 Å². The Bertz CT molecular complexity index is 485. The van der Waals surface area contributed by atoms with E-state index in [0.717, 1.165) is 23.9 Å². The third-order valence-corrected chi connectivity index (χ3v) is 4.47. The Morgan fingerprint density at radius 3 is 2.74 bits per heavy atom. The lowest BCUT2D eigenvalue weighted by atomic mass is 10.0. The zero-order chi connectivity index (χ0) is 13.1. The first-order valence-electron chi connectivity index (χ1n) is 7.35. The maximum atomic E-state index is 5.42. The Morgan fingerprint density at radius 2 is 2.00 bits per heavy atom. The van der Waals surface area contributed by atoms with E-state index in [1.165, 1.54) is 37.9 Å². The number of nitrogens with zero attached hydrogens (tertiary/aromatic N) is 1. The topological polar surface area (TPSA) is 29.3 Å². The Hall–Kier alpha value is -1.30. The number of hydrogen-bond acceptors (Lipinski definition) is 2. The van der Waals surface area contributed by atoms with Gasteiger partial charge in [-0.2, -0.15) is 0 Å². The van der Waals surface area contributed by atoms with Gasteiger partial charge < -0.3 is 5.73 Å². The molecule has 2 fully saturated rings. The average Bonchev–Trinajstić information content (AvgIpc) is 2.97. The standard InChI is InChI=1S/C17H22N2/c18-9-3-6-14-4-1-5-15(10-14)11-19-12-16-7-2-8-17(16)13-19/h1,4-5,10,16-17H,2,7-9,11-13,18H2. The van der Waals surface area contributed by atoms with Crippen molar-refractivity contribution in [2.24, 2.45) is 17.6 Å². The van der Waals surface area contributed by atoms with Crippen LogP contribution in [0.25, 0.3) is 0 Å². The first-order valence-corrected chi connectivity index (χ1v) is 7.35. The van der Waals surface area contributed by atoms with Crippen LogP contribution in [0.2, 0.25) is 0 Å². The van der Waals surface area contributed by atoms with Gasteiger partial charge in [0.1, 0.15) is 0 Å². The van der Waals surface area contributed by atoms with Crippen LogP contribution >= 0.6 is 0 Å². The molecule has 0 bridgehead atoms. The Morgan fingerprint density at radius 1 is 1.21 bits per heavy atom. The van der Waals surface area contributed by atoms with Crippen molar-refractivity contribution in [2.75, 3.05) is 19.6 Å². The number of nitrogens with two attached hydrogens (primary N) is 1. The minimum Gasteiger partial charge on any atom is -0.320 e. The molecular formula is C17H22N2. The summed E-state index contributed by atoms with van der Waals surface area (Å²) in [5.74, 6) is 7.98. The fraction of sp³-hybridized carbons (Fsp3) is 0.529. The van der Waals surface area contributed by atoms with Gasteiger partial charge in [-0.3, -0.25) is 4.90 Å². The molecule has 2 heteroatoms. The summed E-state index contributed by atoms with van der Waals surface area (Å²) in [6.45, 7) is 4.09. The van der Waals surface area contributed by atoms with Crippen LogP contribution in [0.3, 0.4) is 0 Å². The third kappa shape index (κ3) is 3.00. The van der Waals surface area contributed by atoms with Gasteiger partial charge in [-0.05, 0) is 42.4 Å². The summed E-state index contributed by atoms with van der Waals surface area (Å²) in [7, 11) is 0. The molecule has 0 amide bonds. The Labute approximate surface area is 116 Å². The third-order valence-electron chi connectivity index (χ3n) is 4.47. The van der Waals surface area contributed by atoms with Gasteiger partial charge in [0.2, 0.25) is 0 Å². The molecule has 2 aliphatic rings. The zero-order valence-corrected chi connectivity index (χ0v) is 11.4. The van der Waals surface area contributed by atoms with Crippen LogP contribution in [0.5, 0.6) is 0 Å². The van der Waals surface area contributed by atoms with Gasteiger partial charge in [0.25, 0.3) is 0 Å². The number of likely N-dealkylation sites (tertiary alicyclic amines) is 1. The van der Waals surface area contributed by atoms with Crippen molar-refractivity contribution < 1.29 is 0 Å². The van der Waals surface area contributed by atoms with E-state index in [-0.39, 0.29) is 0 Å². The molecule has 1 aliphatic heterocycles. The van der Waals surface area contributed by atoms with Gasteiger partial charge in [-0.15, -0.1) is 0 Å². The van der Waals surface area contributed by atoms with E-state index in [0.29, 0.717) is 6.54 Å². The number of rotatable bonds is 2. The summed E-state index contributed by atoms with van der Waals surface area (Å²) >= 11 is 0. The minimum atomic E-state index is 0.430. The van der Waals surface area contributed by atoms with Gasteiger partial charge in [0.15, 0.2) is 0 Å². The van der Waals surface area contributed by atoms with E-state index < -0.39 is 0 Å². The van der Waals surface area contributed by atoms with Crippen molar-refractivity contribution in [2.45, 2.75) is 25.8 Å². The second-order valence-corrected chi connectivity index (χ2v) is 5.85. The second kappa shape index (κ2) is 5.77. The summed E-state index contributed by atoms with van der Waals surface area (Å²) in [5.41, 5.74) is 7.88. The second-order valence-electron chi connectivity index (χ2n) is 5.85. The largest absolute Gasteiger partial charge is 0.320 e. The predicted octanol–water partition coefficient (Wildman–Crippen LogP) is 2.23. The molecule has 1 aromatic rings. The molecule has 2 nitrogen and oxygen atoms in total. The van der Waals surface area contributed by atoms with Gasteiger partial charge in [-0.1, -0.05) is 30.4 Å². The molecule has 1 saturated carbocycles. The molecule has 2 unspecified atom stereocenters. The zero-order valence-electron chi connectivity index (χ0n) is 11.4. The number of benzene rings is 1. The van der Waals surface area contributed by atoms with Crippen molar-refractivity contribution in [3.05, 3.63) is 35.4 Å². The lowest BCUT2D eigenvalue weighted by Gasteiger charge is -2.16. The van der Waals surface area contributed by atoms with Gasteiger partial charge in [-0.25, -0.2) is 0 Å². The van der Waals surface area contributed by atoms with Crippen LogP contribution in [-0.2, 0) is 6.54 Å². The predicted molar refractivity (Wildman–Crippen MR) is 78.5 cm³/mol. The van der Waals surface area contributed by atoms with E-state index in [9.17, 15) is 0 Å². The molecule has 0 aromatic heterocycles. The SMILES string of the molecule is NCC#Cc1cccc(CN2CC3CCCC3C2)c1. The first-order chi connectivity index (χ1) is 9.35. The van der Waals surface area contributed by atoms with Crippen LogP contribution in [0.4, 0.5) is 0 Å². The van der Waals surface area contributed by atoms with E-state index >= 15 is 0 Å². The van der Waals surface area contributed by atoms with Crippen LogP contribution in [0.1, 0.15) is 30.4 Å². The van der Waals surface area contributed by atoms with E-state index in [1.807, 2.05) is 0 Å². The molecule has 3 rings (SSSR count). The molecular weight excluding hydrogens is 232 g/mol. The van der Waals surface area contributed by atoms with Crippen LogP contribution in [0.15, 0.2) is 24.3 Å². The Balaban J connectivity index is 1.64. The molecule has 0 spiro atoms. The van der Waals surface area contributed by atoms with Crippen molar-refractivity contribution in [1.29, 1.82) is 0 Å². The molecule has 2 atom stereocenters. The molecule has 100 valence electrons. The quantitative estimate of drug-likeness (QED) is 0.820. The first kappa shape index (κ1) is 12.7. The molecule has 0 radical (unpaired) electrons. The highest BCUT2D eigenvalue weighted by Crippen LogP contribution is 2.38. The molecule has 1 saturated heterocycles. The number of fused-ring (bicyclic) bond motifs is 1. The highest BCUT2D eigenvalue weighted by Gasteiger charge is 2.35. The van der Waals surface area contributed by atoms with Crippen molar-refractivity contribution in [1.82, 2.24) is 4.90 Å². The summed E-state index contributed by atoms with van der Waals surface area (Å²) in [6.07, 6.45) is 4.35. The monoisotopic (exact) mass is 254 g/mol. The summed E-state index contributed by atoms with van der Waals surface area (Å²) < 4.78 is 0. The van der Waals surface area contributed by atoms with Crippen molar-refractivity contribution in [3.8, 4) is 11.8 Å². The van der Waals surface area contributed by atoms with Gasteiger partial charge in [0.05, 0.1) is 6.54 Å². The molecule has 1 aromatic carbocycles. The maximum Gasteiger partial charge on any atom is 0.0555 e. The van der Waals surface area contributed by atoms with Crippen molar-refractivity contribution >= 4 is 0 Å². The van der Waals surface area contributed by atoms with E-state index in [4.69, 9.17) is 5.73 Å². The van der Waals surface area contributed by atoms with Crippen molar-refractivity contribution in [3.63, 3.8) is 0 Å². The minimum absolute atomic E-state index is 0.430. The number of hydrogen-bond donors (Lipinski definition) is 1. The van der Waals surface area contributed by atoms with Crippen LogP contribution < -0.4 is 5.73 Å². The lowest BCUT2D eigenvalue weighted by Crippen LogP contribution is -2.21. The molecule has 19 heavy (non-hydrogen) atoms. The molecule has 1 heterocycles. The summed E-state index contributed by atoms with van der Waals surface area (Å²) in [6, 6.07) is 8.58. The van der Waals surface area contributed by atoms with E-state index in [2.05, 4.69) is 41.0 Å².